The predicted molar refractivity (Wildman–Crippen MR) is 156 cm³/mol. The lowest BCUT2D eigenvalue weighted by atomic mass is 10.00. The number of carbonyl (C=O) groups is 2. The highest BCUT2D eigenvalue weighted by Gasteiger charge is 2.35. The van der Waals surface area contributed by atoms with Crippen molar-refractivity contribution in [3.8, 4) is 28.3 Å². The van der Waals surface area contributed by atoms with E-state index in [2.05, 4.69) is 37.8 Å². The Kier molecular flexibility index (Phi) is 7.76. The summed E-state index contributed by atoms with van der Waals surface area (Å²) in [4.78, 5) is 31.1. The zero-order chi connectivity index (χ0) is 28.5. The number of fused-ring (bicyclic) bond motifs is 3. The van der Waals surface area contributed by atoms with Crippen LogP contribution in [0.25, 0.3) is 22.5 Å². The average Bonchev–Trinajstić information content (AvgIpc) is 3.67. The summed E-state index contributed by atoms with van der Waals surface area (Å²) in [5.74, 6) is 0.590. The number of aryl methyl sites for hydroxylation is 1. The highest BCUT2D eigenvalue weighted by atomic mass is 16.5. The van der Waals surface area contributed by atoms with E-state index in [4.69, 9.17) is 4.74 Å². The van der Waals surface area contributed by atoms with Crippen molar-refractivity contribution < 1.29 is 19.4 Å². The van der Waals surface area contributed by atoms with Crippen LogP contribution in [0.15, 0.2) is 36.4 Å². The number of aliphatic hydroxyl groups excluding tert-OH is 1. The third-order valence-corrected chi connectivity index (χ3v) is 8.38. The largest absolute Gasteiger partial charge is 0.492 e. The monoisotopic (exact) mass is 559 g/mol. The maximum Gasteiger partial charge on any atom is 0.333 e. The SMILES string of the molecule is Cc1cc(OCCN2CCC[C@H]2CO)ccc1-c1[nH]nc2c1C(=O)c1c(NC(=O)NN3CCN(C)CC3)cccc1-2. The van der Waals surface area contributed by atoms with Crippen LogP contribution in [-0.2, 0) is 0 Å². The van der Waals surface area contributed by atoms with Crippen LogP contribution < -0.4 is 15.5 Å². The van der Waals surface area contributed by atoms with Gasteiger partial charge in [-0.25, -0.2) is 9.80 Å². The fraction of sp³-hybridized carbons (Fsp3) is 0.433. The first-order valence-corrected chi connectivity index (χ1v) is 14.3. The topological polar surface area (TPSA) is 126 Å². The third-order valence-electron chi connectivity index (χ3n) is 8.38. The summed E-state index contributed by atoms with van der Waals surface area (Å²) in [5.41, 5.74) is 8.09. The van der Waals surface area contributed by atoms with Crippen LogP contribution in [0.2, 0.25) is 0 Å². The molecule has 0 bridgehead atoms. The van der Waals surface area contributed by atoms with E-state index in [1.807, 2.05) is 42.3 Å². The smallest absolute Gasteiger partial charge is 0.333 e. The molecule has 6 rings (SSSR count). The summed E-state index contributed by atoms with van der Waals surface area (Å²) in [6.45, 7) is 7.70. The standard InChI is InChI=1S/C30H37N7O4/c1-19-17-21(41-16-15-36-10-4-5-20(36)18-38)8-9-22(19)27-26-28(33-32-27)23-6-3-7-24(25(23)29(26)39)31-30(40)34-37-13-11-35(2)12-14-37/h3,6-9,17,20,38H,4-5,10-16,18H2,1-2H3,(H,32,33)(H2,31,34,40)/t20-/m0/s1. The van der Waals surface area contributed by atoms with E-state index in [0.717, 1.165) is 69.0 Å². The van der Waals surface area contributed by atoms with E-state index in [-0.39, 0.29) is 24.5 Å². The summed E-state index contributed by atoms with van der Waals surface area (Å²) in [6, 6.07) is 11.1. The molecule has 0 unspecified atom stereocenters. The van der Waals surface area contributed by atoms with E-state index >= 15 is 0 Å². The molecule has 3 aliphatic rings. The number of ketones is 1. The Bertz CT molecular complexity index is 1450. The zero-order valence-corrected chi connectivity index (χ0v) is 23.6. The molecule has 11 nitrogen and oxygen atoms in total. The number of carbonyl (C=O) groups excluding carboxylic acids is 2. The second-order valence-electron chi connectivity index (χ2n) is 11.1. The molecule has 41 heavy (non-hydrogen) atoms. The van der Waals surface area contributed by atoms with Crippen molar-refractivity contribution in [1.82, 2.24) is 30.4 Å². The average molecular weight is 560 g/mol. The van der Waals surface area contributed by atoms with Crippen molar-refractivity contribution in [3.05, 3.63) is 53.1 Å². The van der Waals surface area contributed by atoms with E-state index in [1.165, 1.54) is 0 Å². The van der Waals surface area contributed by atoms with Crippen LogP contribution >= 0.6 is 0 Å². The number of H-pyrrole nitrogens is 1. The number of urea groups is 1. The number of anilines is 1. The van der Waals surface area contributed by atoms with Gasteiger partial charge in [-0.15, -0.1) is 0 Å². The normalized spacial score (nSPS) is 19.3. The van der Waals surface area contributed by atoms with Gasteiger partial charge in [0.1, 0.15) is 18.1 Å². The van der Waals surface area contributed by atoms with Gasteiger partial charge in [-0.05, 0) is 63.2 Å². The molecule has 2 fully saturated rings. The number of aromatic amines is 1. The number of hydrogen-bond donors (Lipinski definition) is 4. The first-order chi connectivity index (χ1) is 19.9. The number of amides is 2. The first-order valence-electron chi connectivity index (χ1n) is 14.3. The third kappa shape index (κ3) is 5.45. The number of hydrazine groups is 1. The molecule has 0 radical (unpaired) electrons. The molecule has 0 saturated carbocycles. The van der Waals surface area contributed by atoms with E-state index in [0.29, 0.717) is 40.4 Å². The molecular weight excluding hydrogens is 522 g/mol. The van der Waals surface area contributed by atoms with Crippen molar-refractivity contribution in [2.75, 3.05) is 64.8 Å². The Balaban J connectivity index is 1.15. The molecule has 1 atom stereocenters. The van der Waals surface area contributed by atoms with Crippen LogP contribution in [-0.4, -0.2) is 107 Å². The number of likely N-dealkylation sites (N-methyl/N-ethyl adjacent to an activating group) is 1. The summed E-state index contributed by atoms with van der Waals surface area (Å²) in [5, 5.41) is 21.9. The van der Waals surface area contributed by atoms with Crippen molar-refractivity contribution in [1.29, 1.82) is 0 Å². The second-order valence-corrected chi connectivity index (χ2v) is 11.1. The molecule has 2 amide bonds. The van der Waals surface area contributed by atoms with Crippen molar-refractivity contribution in [2.45, 2.75) is 25.8 Å². The van der Waals surface area contributed by atoms with Gasteiger partial charge >= 0.3 is 6.03 Å². The molecule has 0 spiro atoms. The Morgan fingerprint density at radius 3 is 2.73 bits per heavy atom. The molecule has 2 aromatic carbocycles. The van der Waals surface area contributed by atoms with Crippen LogP contribution in [0, 0.1) is 6.92 Å². The predicted octanol–water partition coefficient (Wildman–Crippen LogP) is 2.72. The molecule has 3 aromatic rings. The molecule has 1 aliphatic carbocycles. The lowest BCUT2D eigenvalue weighted by Crippen LogP contribution is -2.53. The van der Waals surface area contributed by atoms with Gasteiger partial charge in [0.15, 0.2) is 5.78 Å². The van der Waals surface area contributed by atoms with E-state index in [1.54, 1.807) is 6.07 Å². The molecule has 216 valence electrons. The summed E-state index contributed by atoms with van der Waals surface area (Å²) >= 11 is 0. The number of aromatic nitrogens is 2. The van der Waals surface area contributed by atoms with Crippen molar-refractivity contribution in [3.63, 3.8) is 0 Å². The lowest BCUT2D eigenvalue weighted by Gasteiger charge is -2.32. The molecule has 2 saturated heterocycles. The van der Waals surface area contributed by atoms with Gasteiger partial charge in [-0.3, -0.25) is 20.2 Å². The number of piperazine rings is 1. The quantitative estimate of drug-likeness (QED) is 0.260. The number of hydrogen-bond acceptors (Lipinski definition) is 8. The Labute approximate surface area is 239 Å². The van der Waals surface area contributed by atoms with Crippen LogP contribution in [0.1, 0.15) is 34.3 Å². The summed E-state index contributed by atoms with van der Waals surface area (Å²) < 4.78 is 6.02. The van der Waals surface area contributed by atoms with Crippen molar-refractivity contribution in [2.24, 2.45) is 0 Å². The number of likely N-dealkylation sites (tertiary alicyclic amines) is 1. The maximum atomic E-state index is 13.8. The highest BCUT2D eigenvalue weighted by Crippen LogP contribution is 2.43. The fourth-order valence-corrected chi connectivity index (χ4v) is 6.07. The van der Waals surface area contributed by atoms with Gasteiger partial charge < -0.3 is 20.1 Å². The first kappa shape index (κ1) is 27.4. The van der Waals surface area contributed by atoms with Crippen molar-refractivity contribution >= 4 is 17.5 Å². The molecule has 2 aliphatic heterocycles. The highest BCUT2D eigenvalue weighted by molar-refractivity contribution is 6.27. The Morgan fingerprint density at radius 1 is 1.12 bits per heavy atom. The van der Waals surface area contributed by atoms with Gasteiger partial charge in [0.2, 0.25) is 0 Å². The van der Waals surface area contributed by atoms with Crippen LogP contribution in [0.5, 0.6) is 5.75 Å². The van der Waals surface area contributed by atoms with Crippen LogP contribution in [0.3, 0.4) is 0 Å². The molecule has 1 aromatic heterocycles. The van der Waals surface area contributed by atoms with Gasteiger partial charge in [-0.2, -0.15) is 5.10 Å². The number of rotatable bonds is 8. The van der Waals surface area contributed by atoms with Gasteiger partial charge in [0.05, 0.1) is 29.1 Å². The van der Waals surface area contributed by atoms with Gasteiger partial charge in [0, 0.05) is 49.9 Å². The number of nitrogens with zero attached hydrogens (tertiary/aromatic N) is 4. The number of nitrogens with one attached hydrogen (secondary N) is 3. The van der Waals surface area contributed by atoms with E-state index < -0.39 is 0 Å². The second kappa shape index (κ2) is 11.6. The van der Waals surface area contributed by atoms with Crippen LogP contribution in [0.4, 0.5) is 10.5 Å². The Hall–Kier alpha value is -3.77. The number of benzene rings is 2. The van der Waals surface area contributed by atoms with Gasteiger partial charge in [0.25, 0.3) is 0 Å². The minimum atomic E-state index is -0.370. The molecular formula is C30H37N7O4. The Morgan fingerprint density at radius 2 is 1.95 bits per heavy atom. The summed E-state index contributed by atoms with van der Waals surface area (Å²) in [7, 11) is 2.06. The van der Waals surface area contributed by atoms with Gasteiger partial charge in [-0.1, -0.05) is 12.1 Å². The molecule has 3 heterocycles. The molecule has 4 N–H and O–H groups in total. The lowest BCUT2D eigenvalue weighted by molar-refractivity contribution is 0.104. The summed E-state index contributed by atoms with van der Waals surface area (Å²) in [6.07, 6.45) is 2.14. The number of aliphatic hydroxyl groups is 1. The fourth-order valence-electron chi connectivity index (χ4n) is 6.07. The zero-order valence-electron chi connectivity index (χ0n) is 23.6. The maximum absolute atomic E-state index is 13.8. The van der Waals surface area contributed by atoms with E-state index in [9.17, 15) is 14.7 Å². The minimum absolute atomic E-state index is 0.168. The number of ether oxygens (including phenoxy) is 1. The molecule has 11 heteroatoms. The minimum Gasteiger partial charge on any atom is -0.492 e.